The standard InChI is InChI=1S/C13H22N4O3S/c1-4-11-7-14-10(2)16-13(11)15-8-12-9-17(5-6-20-12)21(3,18)19/h7,12H,4-6,8-9H2,1-3H3,(H,14,15,16)/t12-/m1/s1. The molecule has 1 aliphatic heterocycles. The van der Waals surface area contributed by atoms with Gasteiger partial charge in [0, 0.05) is 31.4 Å². The second kappa shape index (κ2) is 6.67. The highest BCUT2D eigenvalue weighted by molar-refractivity contribution is 7.88. The van der Waals surface area contributed by atoms with Crippen LogP contribution in [0.5, 0.6) is 0 Å². The number of anilines is 1. The third-order valence-electron chi connectivity index (χ3n) is 3.43. The van der Waals surface area contributed by atoms with Crippen molar-refractivity contribution in [1.82, 2.24) is 14.3 Å². The average molecular weight is 314 g/mol. The van der Waals surface area contributed by atoms with Crippen LogP contribution in [0, 0.1) is 6.92 Å². The fraction of sp³-hybridized carbons (Fsp3) is 0.692. The fourth-order valence-corrected chi connectivity index (χ4v) is 3.08. The van der Waals surface area contributed by atoms with Crippen molar-refractivity contribution in [3.8, 4) is 0 Å². The van der Waals surface area contributed by atoms with Gasteiger partial charge in [-0.15, -0.1) is 0 Å². The molecule has 2 heterocycles. The van der Waals surface area contributed by atoms with Gasteiger partial charge < -0.3 is 10.1 Å². The lowest BCUT2D eigenvalue weighted by Crippen LogP contribution is -2.47. The number of hydrogen-bond donors (Lipinski definition) is 1. The van der Waals surface area contributed by atoms with Crippen LogP contribution in [0.1, 0.15) is 18.3 Å². The first-order valence-corrected chi connectivity index (χ1v) is 8.88. The molecule has 1 atom stereocenters. The van der Waals surface area contributed by atoms with Crippen molar-refractivity contribution in [3.05, 3.63) is 17.6 Å². The fourth-order valence-electron chi connectivity index (χ4n) is 2.23. The van der Waals surface area contributed by atoms with Crippen LogP contribution in [0.25, 0.3) is 0 Å². The molecule has 0 amide bonds. The highest BCUT2D eigenvalue weighted by Crippen LogP contribution is 2.14. The van der Waals surface area contributed by atoms with Gasteiger partial charge in [0.25, 0.3) is 0 Å². The number of nitrogens with one attached hydrogen (secondary N) is 1. The normalized spacial score (nSPS) is 20.4. The Balaban J connectivity index is 1.98. The Kier molecular flexibility index (Phi) is 5.13. The lowest BCUT2D eigenvalue weighted by Gasteiger charge is -2.31. The summed E-state index contributed by atoms with van der Waals surface area (Å²) in [5, 5.41) is 3.25. The summed E-state index contributed by atoms with van der Waals surface area (Å²) in [6.07, 6.45) is 3.71. The van der Waals surface area contributed by atoms with E-state index in [1.54, 1.807) is 0 Å². The van der Waals surface area contributed by atoms with Gasteiger partial charge in [0.1, 0.15) is 11.6 Å². The molecule has 21 heavy (non-hydrogen) atoms. The first-order valence-electron chi connectivity index (χ1n) is 7.03. The molecule has 1 aromatic rings. The summed E-state index contributed by atoms with van der Waals surface area (Å²) < 4.78 is 30.2. The molecule has 0 radical (unpaired) electrons. The minimum absolute atomic E-state index is 0.173. The molecule has 1 aromatic heterocycles. The molecule has 0 aromatic carbocycles. The predicted molar refractivity (Wildman–Crippen MR) is 80.8 cm³/mol. The van der Waals surface area contributed by atoms with E-state index in [0.717, 1.165) is 17.8 Å². The van der Waals surface area contributed by atoms with Gasteiger partial charge in [-0.3, -0.25) is 0 Å². The number of hydrogen-bond acceptors (Lipinski definition) is 6. The zero-order valence-corrected chi connectivity index (χ0v) is 13.5. The Bertz CT molecular complexity index is 591. The highest BCUT2D eigenvalue weighted by Gasteiger charge is 2.26. The number of sulfonamides is 1. The molecular formula is C13H22N4O3S. The van der Waals surface area contributed by atoms with Gasteiger partial charge in [0.2, 0.25) is 10.0 Å². The van der Waals surface area contributed by atoms with Gasteiger partial charge in [0.05, 0.1) is 19.0 Å². The van der Waals surface area contributed by atoms with Crippen LogP contribution in [-0.2, 0) is 21.2 Å². The lowest BCUT2D eigenvalue weighted by molar-refractivity contribution is 0.00699. The second-order valence-corrected chi connectivity index (χ2v) is 7.12. The summed E-state index contributed by atoms with van der Waals surface area (Å²) in [6.45, 7) is 5.62. The molecule has 8 heteroatoms. The van der Waals surface area contributed by atoms with E-state index in [4.69, 9.17) is 4.74 Å². The van der Waals surface area contributed by atoms with E-state index in [1.165, 1.54) is 10.6 Å². The summed E-state index contributed by atoms with van der Waals surface area (Å²) in [6, 6.07) is 0. The maximum absolute atomic E-state index is 11.6. The van der Waals surface area contributed by atoms with Crippen molar-refractivity contribution in [3.63, 3.8) is 0 Å². The number of morpholine rings is 1. The summed E-state index contributed by atoms with van der Waals surface area (Å²) in [5.74, 6) is 1.50. The SMILES string of the molecule is CCc1cnc(C)nc1NC[C@@H]1CN(S(C)(=O)=O)CCO1. The van der Waals surface area contributed by atoms with E-state index in [1.807, 2.05) is 20.0 Å². The van der Waals surface area contributed by atoms with Gasteiger partial charge in [0.15, 0.2) is 0 Å². The number of aryl methyl sites for hydroxylation is 2. The Morgan fingerprint density at radius 2 is 2.29 bits per heavy atom. The lowest BCUT2D eigenvalue weighted by atomic mass is 10.2. The number of rotatable bonds is 5. The van der Waals surface area contributed by atoms with Crippen LogP contribution in [0.15, 0.2) is 6.20 Å². The van der Waals surface area contributed by atoms with Crippen LogP contribution < -0.4 is 5.32 Å². The third-order valence-corrected chi connectivity index (χ3v) is 4.70. The maximum Gasteiger partial charge on any atom is 0.211 e. The van der Waals surface area contributed by atoms with Crippen molar-refractivity contribution in [1.29, 1.82) is 0 Å². The Hall–Kier alpha value is -1.25. The Labute approximate surface area is 125 Å². The first kappa shape index (κ1) is 16.1. The topological polar surface area (TPSA) is 84.4 Å². The smallest absolute Gasteiger partial charge is 0.211 e. The van der Waals surface area contributed by atoms with E-state index in [2.05, 4.69) is 15.3 Å². The van der Waals surface area contributed by atoms with Crippen molar-refractivity contribution in [2.75, 3.05) is 37.8 Å². The number of nitrogens with zero attached hydrogens (tertiary/aromatic N) is 3. The van der Waals surface area contributed by atoms with E-state index >= 15 is 0 Å². The summed E-state index contributed by atoms with van der Waals surface area (Å²) >= 11 is 0. The second-order valence-electron chi connectivity index (χ2n) is 5.14. The van der Waals surface area contributed by atoms with E-state index in [9.17, 15) is 8.42 Å². The number of aromatic nitrogens is 2. The van der Waals surface area contributed by atoms with Crippen molar-refractivity contribution < 1.29 is 13.2 Å². The zero-order valence-electron chi connectivity index (χ0n) is 12.7. The molecule has 0 spiro atoms. The minimum atomic E-state index is -3.16. The average Bonchev–Trinajstić information content (AvgIpc) is 2.45. The van der Waals surface area contributed by atoms with Crippen LogP contribution in [0.3, 0.4) is 0 Å². The van der Waals surface area contributed by atoms with E-state index in [0.29, 0.717) is 32.1 Å². The van der Waals surface area contributed by atoms with Gasteiger partial charge in [-0.2, -0.15) is 4.31 Å². The van der Waals surface area contributed by atoms with Crippen molar-refractivity contribution in [2.24, 2.45) is 0 Å². The van der Waals surface area contributed by atoms with Gasteiger partial charge in [-0.1, -0.05) is 6.92 Å². The molecule has 7 nitrogen and oxygen atoms in total. The predicted octanol–water partition coefficient (Wildman–Crippen LogP) is 0.420. The van der Waals surface area contributed by atoms with Gasteiger partial charge in [-0.25, -0.2) is 18.4 Å². The van der Waals surface area contributed by atoms with Crippen LogP contribution in [-0.4, -0.2) is 61.3 Å². The molecule has 0 unspecified atom stereocenters. The molecule has 0 bridgehead atoms. The quantitative estimate of drug-likeness (QED) is 0.848. The van der Waals surface area contributed by atoms with Crippen LogP contribution in [0.2, 0.25) is 0 Å². The molecule has 1 fully saturated rings. The molecule has 2 rings (SSSR count). The summed E-state index contributed by atoms with van der Waals surface area (Å²) in [5.41, 5.74) is 1.04. The van der Waals surface area contributed by atoms with Crippen molar-refractivity contribution >= 4 is 15.8 Å². The molecule has 118 valence electrons. The molecule has 0 saturated carbocycles. The molecule has 1 N–H and O–H groups in total. The van der Waals surface area contributed by atoms with E-state index < -0.39 is 10.0 Å². The summed E-state index contributed by atoms with van der Waals surface area (Å²) in [7, 11) is -3.16. The molecule has 1 aliphatic rings. The van der Waals surface area contributed by atoms with Crippen LogP contribution >= 0.6 is 0 Å². The minimum Gasteiger partial charge on any atom is -0.374 e. The molecule has 0 aliphatic carbocycles. The first-order chi connectivity index (χ1) is 9.90. The molecule has 1 saturated heterocycles. The van der Waals surface area contributed by atoms with Crippen LogP contribution in [0.4, 0.5) is 5.82 Å². The van der Waals surface area contributed by atoms with Gasteiger partial charge >= 0.3 is 0 Å². The summed E-state index contributed by atoms with van der Waals surface area (Å²) in [4.78, 5) is 8.57. The monoisotopic (exact) mass is 314 g/mol. The van der Waals surface area contributed by atoms with Gasteiger partial charge in [-0.05, 0) is 13.3 Å². The Morgan fingerprint density at radius 1 is 1.52 bits per heavy atom. The van der Waals surface area contributed by atoms with Crippen molar-refractivity contribution in [2.45, 2.75) is 26.4 Å². The maximum atomic E-state index is 11.6. The Morgan fingerprint density at radius 3 is 2.95 bits per heavy atom. The van der Waals surface area contributed by atoms with E-state index in [-0.39, 0.29) is 6.10 Å². The largest absolute Gasteiger partial charge is 0.374 e. The highest BCUT2D eigenvalue weighted by atomic mass is 32.2. The third kappa shape index (κ3) is 4.36. The molecular weight excluding hydrogens is 292 g/mol. The zero-order chi connectivity index (χ0) is 15.5. The number of ether oxygens (including phenoxy) is 1.